The SMILES string of the molecule is CCOc1ccc(/C=N\n2c(-c3ccc(Br)cc3)csc2=Nc2ccccc2C(F)(F)F)cc1OC. The zero-order chi connectivity index (χ0) is 25.7. The number of halogens is 4. The number of para-hydroxylation sites is 1. The Balaban J connectivity index is 1.85. The van der Waals surface area contributed by atoms with E-state index in [9.17, 15) is 13.2 Å². The Morgan fingerprint density at radius 3 is 2.47 bits per heavy atom. The first-order valence-electron chi connectivity index (χ1n) is 10.8. The quantitative estimate of drug-likeness (QED) is 0.214. The first kappa shape index (κ1) is 25.7. The second kappa shape index (κ2) is 11.1. The van der Waals surface area contributed by atoms with Crippen molar-refractivity contribution >= 4 is 39.2 Å². The molecule has 4 aromatic rings. The number of alkyl halides is 3. The molecule has 186 valence electrons. The molecule has 10 heteroatoms. The van der Waals surface area contributed by atoms with Crippen molar-refractivity contribution in [3.05, 3.63) is 92.5 Å². The number of hydrogen-bond acceptors (Lipinski definition) is 5. The minimum atomic E-state index is -4.53. The van der Waals surface area contributed by atoms with Crippen LogP contribution in [0.25, 0.3) is 11.3 Å². The van der Waals surface area contributed by atoms with Gasteiger partial charge in [-0.05, 0) is 55.0 Å². The lowest BCUT2D eigenvalue weighted by molar-refractivity contribution is -0.137. The Morgan fingerprint density at radius 1 is 1.03 bits per heavy atom. The zero-order valence-corrected chi connectivity index (χ0v) is 21.7. The molecular formula is C26H21BrF3N3O2S. The van der Waals surface area contributed by atoms with Gasteiger partial charge >= 0.3 is 6.18 Å². The molecule has 1 aromatic heterocycles. The second-order valence-electron chi connectivity index (χ2n) is 7.44. The molecule has 0 saturated carbocycles. The average molecular weight is 576 g/mol. The monoisotopic (exact) mass is 575 g/mol. The summed E-state index contributed by atoms with van der Waals surface area (Å²) in [5.74, 6) is 1.16. The molecule has 36 heavy (non-hydrogen) atoms. The summed E-state index contributed by atoms with van der Waals surface area (Å²) in [4.78, 5) is 4.64. The van der Waals surface area contributed by atoms with Crippen LogP contribution in [0.3, 0.4) is 0 Å². The lowest BCUT2D eigenvalue weighted by Gasteiger charge is -2.10. The van der Waals surface area contributed by atoms with Crippen LogP contribution in [0.4, 0.5) is 18.9 Å². The molecule has 1 heterocycles. The third-order valence-electron chi connectivity index (χ3n) is 5.06. The summed E-state index contributed by atoms with van der Waals surface area (Å²) in [6, 6.07) is 18.2. The predicted octanol–water partition coefficient (Wildman–Crippen LogP) is 7.52. The van der Waals surface area contributed by atoms with Crippen molar-refractivity contribution < 1.29 is 22.6 Å². The van der Waals surface area contributed by atoms with Gasteiger partial charge in [0.2, 0.25) is 4.80 Å². The fourth-order valence-corrected chi connectivity index (χ4v) is 4.50. The van der Waals surface area contributed by atoms with Gasteiger partial charge < -0.3 is 9.47 Å². The van der Waals surface area contributed by atoms with Crippen molar-refractivity contribution in [3.63, 3.8) is 0 Å². The summed E-state index contributed by atoms with van der Waals surface area (Å²) in [5, 5.41) is 6.41. The lowest BCUT2D eigenvalue weighted by atomic mass is 10.2. The molecule has 0 aliphatic carbocycles. The van der Waals surface area contributed by atoms with Gasteiger partial charge in [0.1, 0.15) is 0 Å². The van der Waals surface area contributed by atoms with Crippen molar-refractivity contribution in [1.82, 2.24) is 4.68 Å². The Hall–Kier alpha value is -3.37. The number of nitrogens with zero attached hydrogens (tertiary/aromatic N) is 3. The fourth-order valence-electron chi connectivity index (χ4n) is 3.39. The van der Waals surface area contributed by atoms with Gasteiger partial charge in [0.05, 0.1) is 36.9 Å². The van der Waals surface area contributed by atoms with Crippen LogP contribution in [0.15, 0.2) is 86.7 Å². The highest BCUT2D eigenvalue weighted by molar-refractivity contribution is 9.10. The van der Waals surface area contributed by atoms with E-state index in [0.717, 1.165) is 21.7 Å². The number of rotatable bonds is 7. The highest BCUT2D eigenvalue weighted by Gasteiger charge is 2.33. The van der Waals surface area contributed by atoms with E-state index in [1.54, 1.807) is 25.5 Å². The third-order valence-corrected chi connectivity index (χ3v) is 6.41. The van der Waals surface area contributed by atoms with Gasteiger partial charge in [0, 0.05) is 15.4 Å². The van der Waals surface area contributed by atoms with Crippen LogP contribution in [0, 0.1) is 0 Å². The molecule has 0 amide bonds. The summed E-state index contributed by atoms with van der Waals surface area (Å²) < 4.78 is 54.1. The van der Waals surface area contributed by atoms with Crippen molar-refractivity contribution in [1.29, 1.82) is 0 Å². The zero-order valence-electron chi connectivity index (χ0n) is 19.3. The number of hydrogen-bond donors (Lipinski definition) is 0. The van der Waals surface area contributed by atoms with Crippen LogP contribution in [-0.2, 0) is 6.18 Å². The van der Waals surface area contributed by atoms with Crippen LogP contribution in [-0.4, -0.2) is 24.6 Å². The van der Waals surface area contributed by atoms with Crippen LogP contribution < -0.4 is 14.3 Å². The summed E-state index contributed by atoms with van der Waals surface area (Å²) in [6.45, 7) is 2.38. The van der Waals surface area contributed by atoms with E-state index in [1.165, 1.54) is 34.2 Å². The van der Waals surface area contributed by atoms with E-state index in [4.69, 9.17) is 9.47 Å². The maximum atomic E-state index is 13.6. The molecule has 0 aliphatic heterocycles. The molecule has 0 saturated heterocycles. The van der Waals surface area contributed by atoms with Crippen molar-refractivity contribution in [2.45, 2.75) is 13.1 Å². The standard InChI is InChI=1S/C26H21BrF3N3O2S/c1-3-35-23-13-8-17(14-24(23)34-2)15-31-33-22(18-9-11-19(27)12-10-18)16-36-25(33)32-21-7-5-4-6-20(21)26(28,29)30/h4-16H,3H2,1-2H3/b31-15-,32-25?. The number of methoxy groups -OCH3 is 1. The maximum absolute atomic E-state index is 13.6. The first-order chi connectivity index (χ1) is 17.3. The molecule has 0 radical (unpaired) electrons. The van der Waals surface area contributed by atoms with E-state index in [2.05, 4.69) is 26.0 Å². The maximum Gasteiger partial charge on any atom is 0.418 e. The van der Waals surface area contributed by atoms with E-state index in [1.807, 2.05) is 42.6 Å². The van der Waals surface area contributed by atoms with Gasteiger partial charge in [-0.2, -0.15) is 18.3 Å². The summed E-state index contributed by atoms with van der Waals surface area (Å²) in [5.41, 5.74) is 1.25. The van der Waals surface area contributed by atoms with Crippen LogP contribution in [0.5, 0.6) is 11.5 Å². The van der Waals surface area contributed by atoms with Gasteiger partial charge in [-0.3, -0.25) is 0 Å². The van der Waals surface area contributed by atoms with Gasteiger partial charge in [-0.1, -0.05) is 40.2 Å². The van der Waals surface area contributed by atoms with Crippen LogP contribution in [0.1, 0.15) is 18.1 Å². The molecule has 0 spiro atoms. The van der Waals surface area contributed by atoms with Crippen molar-refractivity contribution in [2.24, 2.45) is 10.1 Å². The van der Waals surface area contributed by atoms with Crippen molar-refractivity contribution in [3.8, 4) is 22.8 Å². The molecule has 0 bridgehead atoms. The lowest BCUT2D eigenvalue weighted by Crippen LogP contribution is -2.13. The first-order valence-corrected chi connectivity index (χ1v) is 12.5. The predicted molar refractivity (Wildman–Crippen MR) is 139 cm³/mol. The molecule has 0 N–H and O–H groups in total. The van der Waals surface area contributed by atoms with E-state index in [-0.39, 0.29) is 5.69 Å². The van der Waals surface area contributed by atoms with Gasteiger partial charge in [-0.15, -0.1) is 11.3 Å². The average Bonchev–Trinajstić information content (AvgIpc) is 3.26. The molecule has 5 nitrogen and oxygen atoms in total. The van der Waals surface area contributed by atoms with Crippen LogP contribution in [0.2, 0.25) is 0 Å². The summed E-state index contributed by atoms with van der Waals surface area (Å²) in [7, 11) is 1.55. The number of thiazole rings is 1. The Kier molecular flexibility index (Phi) is 7.95. The fraction of sp³-hybridized carbons (Fsp3) is 0.154. The number of aromatic nitrogens is 1. The second-order valence-corrected chi connectivity index (χ2v) is 9.19. The molecule has 3 aromatic carbocycles. The van der Waals surface area contributed by atoms with E-state index < -0.39 is 11.7 Å². The molecule has 0 unspecified atom stereocenters. The van der Waals surface area contributed by atoms with Crippen LogP contribution >= 0.6 is 27.3 Å². The highest BCUT2D eigenvalue weighted by Crippen LogP contribution is 2.36. The molecule has 0 aliphatic rings. The highest BCUT2D eigenvalue weighted by atomic mass is 79.9. The van der Waals surface area contributed by atoms with Gasteiger partial charge in [0.25, 0.3) is 0 Å². The summed E-state index contributed by atoms with van der Waals surface area (Å²) in [6.07, 6.45) is -2.93. The Bertz CT molecular complexity index is 1440. The largest absolute Gasteiger partial charge is 0.493 e. The van der Waals surface area contributed by atoms with Crippen molar-refractivity contribution in [2.75, 3.05) is 13.7 Å². The van der Waals surface area contributed by atoms with Gasteiger partial charge in [0.15, 0.2) is 11.5 Å². The molecular weight excluding hydrogens is 555 g/mol. The Labute approximate surface area is 218 Å². The smallest absolute Gasteiger partial charge is 0.418 e. The summed E-state index contributed by atoms with van der Waals surface area (Å²) >= 11 is 4.62. The normalized spacial score (nSPS) is 12.3. The van der Waals surface area contributed by atoms with E-state index in [0.29, 0.717) is 28.6 Å². The minimum Gasteiger partial charge on any atom is -0.493 e. The number of benzene rings is 3. The minimum absolute atomic E-state index is 0.180. The molecule has 0 fully saturated rings. The Morgan fingerprint density at radius 2 is 1.78 bits per heavy atom. The molecule has 4 rings (SSSR count). The third kappa shape index (κ3) is 5.88. The number of ether oxygens (including phenoxy) is 2. The van der Waals surface area contributed by atoms with E-state index >= 15 is 0 Å². The molecule has 0 atom stereocenters. The topological polar surface area (TPSA) is 48.1 Å². The van der Waals surface area contributed by atoms with Gasteiger partial charge in [-0.25, -0.2) is 9.67 Å².